The Hall–Kier alpha value is -2.58. The zero-order valence-corrected chi connectivity index (χ0v) is 17.1. The molecule has 1 aromatic carbocycles. The molecule has 1 saturated heterocycles. The molecule has 0 unspecified atom stereocenters. The first-order valence-corrected chi connectivity index (χ1v) is 9.46. The average molecular weight is 413 g/mol. The highest BCUT2D eigenvalue weighted by molar-refractivity contribution is 5.70. The summed E-state index contributed by atoms with van der Waals surface area (Å²) in [5.41, 5.74) is -0.859. The van der Waals surface area contributed by atoms with Crippen LogP contribution in [0.15, 0.2) is 24.3 Å². The fourth-order valence-electron chi connectivity index (χ4n) is 3.49. The molecule has 7 nitrogen and oxygen atoms in total. The van der Waals surface area contributed by atoms with Crippen LogP contribution in [-0.4, -0.2) is 59.4 Å². The van der Waals surface area contributed by atoms with E-state index in [0.29, 0.717) is 6.42 Å². The SMILES string of the molecule is CC[C@@]1(Cc2ccc(OC(F)F)cc2)CN(C(=O)OC(C)(C)C)CCN1C(=O)[O-]. The Morgan fingerprint density at radius 1 is 1.21 bits per heavy atom. The lowest BCUT2D eigenvalue weighted by atomic mass is 9.84. The Kier molecular flexibility index (Phi) is 6.92. The molecular weight excluding hydrogens is 386 g/mol. The molecular formula is C20H27F2N2O5-. The molecule has 9 heteroatoms. The number of carboxylic acid groups (broad SMARTS) is 1. The molecule has 29 heavy (non-hydrogen) atoms. The lowest BCUT2D eigenvalue weighted by molar-refractivity contribution is -0.274. The van der Waals surface area contributed by atoms with Crippen LogP contribution in [-0.2, 0) is 11.2 Å². The molecule has 0 N–H and O–H groups in total. The maximum absolute atomic E-state index is 12.5. The topological polar surface area (TPSA) is 82.1 Å². The van der Waals surface area contributed by atoms with Crippen LogP contribution in [0.25, 0.3) is 0 Å². The lowest BCUT2D eigenvalue weighted by Gasteiger charge is -2.52. The molecule has 1 heterocycles. The van der Waals surface area contributed by atoms with E-state index in [2.05, 4.69) is 4.74 Å². The molecule has 1 fully saturated rings. The first-order valence-electron chi connectivity index (χ1n) is 9.46. The van der Waals surface area contributed by atoms with Crippen LogP contribution in [0.2, 0.25) is 0 Å². The molecule has 0 aromatic heterocycles. The number of amides is 2. The number of carbonyl (C=O) groups excluding carboxylic acids is 2. The second-order valence-electron chi connectivity index (χ2n) is 8.10. The minimum atomic E-state index is -2.92. The average Bonchev–Trinajstić information content (AvgIpc) is 2.61. The van der Waals surface area contributed by atoms with Gasteiger partial charge in [-0.25, -0.2) is 4.79 Å². The summed E-state index contributed by atoms with van der Waals surface area (Å²) < 4.78 is 34.4. The van der Waals surface area contributed by atoms with E-state index in [1.54, 1.807) is 32.9 Å². The van der Waals surface area contributed by atoms with Crippen LogP contribution in [0.3, 0.4) is 0 Å². The molecule has 2 amide bonds. The predicted octanol–water partition coefficient (Wildman–Crippen LogP) is 2.88. The number of hydrogen-bond donors (Lipinski definition) is 0. The van der Waals surface area contributed by atoms with Crippen molar-refractivity contribution in [3.8, 4) is 5.75 Å². The van der Waals surface area contributed by atoms with E-state index >= 15 is 0 Å². The van der Waals surface area contributed by atoms with Gasteiger partial charge < -0.3 is 29.2 Å². The van der Waals surface area contributed by atoms with Crippen LogP contribution >= 0.6 is 0 Å². The summed E-state index contributed by atoms with van der Waals surface area (Å²) in [6.07, 6.45) is -1.11. The van der Waals surface area contributed by atoms with Crippen molar-refractivity contribution in [3.63, 3.8) is 0 Å². The number of piperazine rings is 1. The van der Waals surface area contributed by atoms with E-state index in [-0.39, 0.29) is 31.8 Å². The van der Waals surface area contributed by atoms with Crippen molar-refractivity contribution in [2.45, 2.75) is 58.3 Å². The fourth-order valence-corrected chi connectivity index (χ4v) is 3.49. The molecule has 0 bridgehead atoms. The summed E-state index contributed by atoms with van der Waals surface area (Å²) >= 11 is 0. The highest BCUT2D eigenvalue weighted by Crippen LogP contribution is 2.31. The number of hydrogen-bond acceptors (Lipinski definition) is 5. The zero-order chi connectivity index (χ0) is 21.8. The fraction of sp³-hybridized carbons (Fsp3) is 0.600. The molecule has 0 spiro atoms. The summed E-state index contributed by atoms with van der Waals surface area (Å²) in [7, 11) is 0. The molecule has 0 aliphatic carbocycles. The summed E-state index contributed by atoms with van der Waals surface area (Å²) in [5, 5.41) is 11.8. The van der Waals surface area contributed by atoms with Gasteiger partial charge in [0, 0.05) is 19.6 Å². The lowest BCUT2D eigenvalue weighted by Crippen LogP contribution is -2.67. The predicted molar refractivity (Wildman–Crippen MR) is 99.7 cm³/mol. The van der Waals surface area contributed by atoms with Crippen molar-refractivity contribution in [2.24, 2.45) is 0 Å². The Morgan fingerprint density at radius 2 is 1.83 bits per heavy atom. The van der Waals surface area contributed by atoms with E-state index in [4.69, 9.17) is 4.74 Å². The van der Waals surface area contributed by atoms with Crippen LogP contribution in [0.1, 0.15) is 39.7 Å². The van der Waals surface area contributed by atoms with Crippen molar-refractivity contribution in [3.05, 3.63) is 29.8 Å². The van der Waals surface area contributed by atoms with Crippen molar-refractivity contribution in [1.29, 1.82) is 0 Å². The summed E-state index contributed by atoms with van der Waals surface area (Å²) in [6, 6.07) is 6.02. The second kappa shape index (κ2) is 8.84. The van der Waals surface area contributed by atoms with Gasteiger partial charge in [0.1, 0.15) is 17.4 Å². The van der Waals surface area contributed by atoms with E-state index in [9.17, 15) is 23.5 Å². The second-order valence-corrected chi connectivity index (χ2v) is 8.10. The third-order valence-corrected chi connectivity index (χ3v) is 4.86. The number of alkyl halides is 2. The summed E-state index contributed by atoms with van der Waals surface area (Å²) in [4.78, 5) is 27.1. The van der Waals surface area contributed by atoms with Gasteiger partial charge in [0.2, 0.25) is 0 Å². The molecule has 1 atom stereocenters. The van der Waals surface area contributed by atoms with E-state index in [1.165, 1.54) is 21.9 Å². The number of nitrogens with zero attached hydrogens (tertiary/aromatic N) is 2. The van der Waals surface area contributed by atoms with Crippen LogP contribution in [0.4, 0.5) is 18.4 Å². The van der Waals surface area contributed by atoms with E-state index in [0.717, 1.165) is 5.56 Å². The van der Waals surface area contributed by atoms with Gasteiger partial charge in [0.05, 0.1) is 5.54 Å². The van der Waals surface area contributed by atoms with Crippen LogP contribution in [0, 0.1) is 0 Å². The smallest absolute Gasteiger partial charge is 0.410 e. The number of benzene rings is 1. The molecule has 2 rings (SSSR count). The number of carbonyl (C=O) groups is 2. The van der Waals surface area contributed by atoms with Gasteiger partial charge in [-0.2, -0.15) is 8.78 Å². The molecule has 1 aliphatic rings. The third-order valence-electron chi connectivity index (χ3n) is 4.86. The Morgan fingerprint density at radius 3 is 2.31 bits per heavy atom. The van der Waals surface area contributed by atoms with Crippen molar-refractivity contribution in [2.75, 3.05) is 19.6 Å². The Labute approximate surface area is 169 Å². The largest absolute Gasteiger partial charge is 0.530 e. The number of rotatable bonds is 5. The van der Waals surface area contributed by atoms with Gasteiger partial charge in [-0.05, 0) is 51.3 Å². The van der Waals surface area contributed by atoms with Gasteiger partial charge in [0.15, 0.2) is 0 Å². The third kappa shape index (κ3) is 5.95. The maximum atomic E-state index is 12.5. The summed E-state index contributed by atoms with van der Waals surface area (Å²) in [6.45, 7) is 4.64. The molecule has 0 radical (unpaired) electrons. The standard InChI is InChI=1S/C20H28F2N2O5/c1-5-20(12-14-6-8-15(9-7-14)28-16(21)22)13-23(10-11-24(20)17(25)26)18(27)29-19(2,3)4/h6-9,16H,5,10-13H2,1-4H3,(H,25,26)/p-1/t20-/m1/s1. The highest BCUT2D eigenvalue weighted by atomic mass is 19.3. The van der Waals surface area contributed by atoms with Gasteiger partial charge >= 0.3 is 12.7 Å². The first kappa shape index (κ1) is 22.7. The quantitative estimate of drug-likeness (QED) is 0.741. The number of ether oxygens (including phenoxy) is 2. The highest BCUT2D eigenvalue weighted by Gasteiger charge is 2.43. The first-order chi connectivity index (χ1) is 13.5. The summed E-state index contributed by atoms with van der Waals surface area (Å²) in [5.74, 6) is 0.0186. The van der Waals surface area contributed by atoms with Crippen molar-refractivity contribution in [1.82, 2.24) is 9.80 Å². The number of halogens is 2. The minimum Gasteiger partial charge on any atom is -0.530 e. The van der Waals surface area contributed by atoms with Crippen molar-refractivity contribution >= 4 is 12.2 Å². The molecule has 0 saturated carbocycles. The molecule has 162 valence electrons. The Balaban J connectivity index is 2.25. The van der Waals surface area contributed by atoms with Crippen LogP contribution < -0.4 is 9.84 Å². The minimum absolute atomic E-state index is 0.0186. The van der Waals surface area contributed by atoms with Gasteiger partial charge in [-0.15, -0.1) is 0 Å². The van der Waals surface area contributed by atoms with Gasteiger partial charge in [0.25, 0.3) is 0 Å². The zero-order valence-electron chi connectivity index (χ0n) is 17.1. The van der Waals surface area contributed by atoms with Crippen molar-refractivity contribution < 1.29 is 33.0 Å². The normalized spacial score (nSPS) is 20.0. The van der Waals surface area contributed by atoms with E-state index < -0.39 is 29.9 Å². The van der Waals surface area contributed by atoms with Gasteiger partial charge in [-0.1, -0.05) is 19.1 Å². The van der Waals surface area contributed by atoms with Gasteiger partial charge in [-0.3, -0.25) is 0 Å². The monoisotopic (exact) mass is 413 g/mol. The van der Waals surface area contributed by atoms with Crippen LogP contribution in [0.5, 0.6) is 5.75 Å². The maximum Gasteiger partial charge on any atom is 0.410 e. The van der Waals surface area contributed by atoms with E-state index in [1.807, 2.05) is 6.92 Å². The Bertz CT molecular complexity index is 721. The molecule has 1 aromatic rings. The molecule has 1 aliphatic heterocycles.